The highest BCUT2D eigenvalue weighted by Gasteiger charge is 2.63. The normalized spacial score (nSPS) is 19.5. The second-order valence-corrected chi connectivity index (χ2v) is 18.7. The Morgan fingerprint density at radius 2 is 1.50 bits per heavy atom. The van der Waals surface area contributed by atoms with Crippen molar-refractivity contribution < 1.29 is 37.6 Å². The van der Waals surface area contributed by atoms with Crippen LogP contribution in [0.5, 0.6) is 11.5 Å². The number of nitrogens with one attached hydrogen (secondary N) is 2. The fourth-order valence-electron chi connectivity index (χ4n) is 9.37. The van der Waals surface area contributed by atoms with Crippen molar-refractivity contribution in [2.75, 3.05) is 32.8 Å². The standard InChI is InChI=1S/C51H57N8O8P/c1-34(2)59(35(3)4)68(65-28-13-27-52)67-46-42-30-43(66-51(37-16-11-8-12-17-37,38-18-22-40(62-5)23-19-38)39-20-24-41(63-6)25-21-39)50(46,26-29-64-42)57-44(60)31-58-33-55-45-47(53-32-54-48(45)58)56-49(61)36-14-9-7-10-15-36/h7-12,14-25,32-35,42-43,46H,13,26,28-31H2,1-6H3,(H,57,60)(H,53,54,56,61)/t42-,43+,46+,50-,68?/m0/s1. The maximum atomic E-state index is 15.0. The fourth-order valence-corrected chi connectivity index (χ4v) is 11.2. The van der Waals surface area contributed by atoms with Gasteiger partial charge in [0.15, 0.2) is 17.0 Å². The van der Waals surface area contributed by atoms with Crippen LogP contribution in [-0.2, 0) is 35.5 Å². The summed E-state index contributed by atoms with van der Waals surface area (Å²) in [4.78, 5) is 41.5. The van der Waals surface area contributed by atoms with Gasteiger partial charge in [0.2, 0.25) is 5.91 Å². The smallest absolute Gasteiger partial charge is 0.259 e. The van der Waals surface area contributed by atoms with Crippen LogP contribution in [0.4, 0.5) is 5.82 Å². The number of carbonyl (C=O) groups is 2. The van der Waals surface area contributed by atoms with Gasteiger partial charge in [0.1, 0.15) is 36.1 Å². The summed E-state index contributed by atoms with van der Waals surface area (Å²) in [6.45, 7) is 8.60. The number of hydrogen-bond donors (Lipinski definition) is 2. The number of fused-ring (bicyclic) bond motifs is 3. The van der Waals surface area contributed by atoms with Crippen molar-refractivity contribution in [3.05, 3.63) is 144 Å². The molecule has 2 bridgehead atoms. The maximum absolute atomic E-state index is 15.0. The second kappa shape index (κ2) is 21.3. The van der Waals surface area contributed by atoms with E-state index in [-0.39, 0.29) is 49.3 Å². The highest BCUT2D eigenvalue weighted by molar-refractivity contribution is 7.44. The van der Waals surface area contributed by atoms with E-state index in [1.165, 1.54) is 12.7 Å². The fraction of sp³-hybridized carbons (Fsp3) is 0.373. The number of anilines is 1. The molecular formula is C51H57N8O8P. The average molecular weight is 941 g/mol. The molecule has 16 nitrogen and oxygen atoms in total. The zero-order chi connectivity index (χ0) is 47.8. The Morgan fingerprint density at radius 1 is 0.882 bits per heavy atom. The first-order valence-electron chi connectivity index (χ1n) is 22.7. The molecule has 3 heterocycles. The molecule has 2 fully saturated rings. The number of methoxy groups -OCH3 is 2. The van der Waals surface area contributed by atoms with Gasteiger partial charge in [-0.3, -0.25) is 9.59 Å². The average Bonchev–Trinajstić information content (AvgIpc) is 3.82. The number of benzene rings is 4. The topological polar surface area (TPSA) is 184 Å². The molecule has 4 aromatic carbocycles. The SMILES string of the molecule is COc1ccc(C(O[C@@H]2C[C@@H]3OCC[C@@]2(NC(=O)Cn2cnc4c(NC(=O)c5ccccc5)ncnc42)[C@@H]3OP(OCCC#N)N(C(C)C)C(C)C)(c2ccccc2)c2ccc(OC)cc2)cc1. The summed E-state index contributed by atoms with van der Waals surface area (Å²) in [6.07, 6.45) is 1.67. The second-order valence-electron chi connectivity index (χ2n) is 17.3. The predicted octanol–water partition coefficient (Wildman–Crippen LogP) is 8.18. The van der Waals surface area contributed by atoms with Crippen LogP contribution in [0.3, 0.4) is 0 Å². The number of ether oxygens (including phenoxy) is 4. The molecule has 8 rings (SSSR count). The molecule has 0 radical (unpaired) electrons. The van der Waals surface area contributed by atoms with Gasteiger partial charge in [0.05, 0.1) is 57.4 Å². The molecule has 68 heavy (non-hydrogen) atoms. The van der Waals surface area contributed by atoms with E-state index in [4.69, 9.17) is 28.0 Å². The minimum absolute atomic E-state index is 0.0118. The highest BCUT2D eigenvalue weighted by Crippen LogP contribution is 2.55. The minimum Gasteiger partial charge on any atom is -0.497 e. The van der Waals surface area contributed by atoms with Crippen LogP contribution < -0.4 is 20.1 Å². The molecule has 1 saturated carbocycles. The summed E-state index contributed by atoms with van der Waals surface area (Å²) < 4.78 is 43.2. The monoisotopic (exact) mass is 940 g/mol. The van der Waals surface area contributed by atoms with Crippen molar-refractivity contribution in [3.8, 4) is 17.6 Å². The third-order valence-electron chi connectivity index (χ3n) is 12.4. The largest absolute Gasteiger partial charge is 0.497 e. The van der Waals surface area contributed by atoms with E-state index in [1.54, 1.807) is 43.1 Å². The number of aromatic nitrogens is 4. The Balaban J connectivity index is 1.23. The van der Waals surface area contributed by atoms with Gasteiger partial charge in [0.25, 0.3) is 14.4 Å². The molecule has 1 aliphatic heterocycles. The van der Waals surface area contributed by atoms with E-state index >= 15 is 0 Å². The third kappa shape index (κ3) is 9.82. The Hall–Kier alpha value is -6.31. The Kier molecular flexibility index (Phi) is 15.1. The molecule has 5 atom stereocenters. The van der Waals surface area contributed by atoms with Gasteiger partial charge in [-0.25, -0.2) is 19.6 Å². The Bertz CT molecular complexity index is 2630. The summed E-state index contributed by atoms with van der Waals surface area (Å²) in [7, 11) is 1.47. The van der Waals surface area contributed by atoms with Gasteiger partial charge in [0, 0.05) is 30.7 Å². The van der Waals surface area contributed by atoms with E-state index < -0.39 is 38.0 Å². The number of hydrogen-bond acceptors (Lipinski definition) is 13. The molecule has 2 amide bonds. The maximum Gasteiger partial charge on any atom is 0.259 e. The summed E-state index contributed by atoms with van der Waals surface area (Å²) in [5.41, 5.74) is 1.18. The lowest BCUT2D eigenvalue weighted by molar-refractivity contribution is -0.140. The Labute approximate surface area is 397 Å². The van der Waals surface area contributed by atoms with Crippen molar-refractivity contribution in [2.24, 2.45) is 0 Å². The van der Waals surface area contributed by atoms with Crippen LogP contribution in [0.1, 0.15) is 74.0 Å². The van der Waals surface area contributed by atoms with Crippen LogP contribution in [0.15, 0.2) is 122 Å². The molecular weight excluding hydrogens is 884 g/mol. The lowest BCUT2D eigenvalue weighted by Crippen LogP contribution is -2.65. The van der Waals surface area contributed by atoms with Crippen LogP contribution in [0, 0.1) is 11.3 Å². The van der Waals surface area contributed by atoms with Gasteiger partial charge in [-0.2, -0.15) is 5.26 Å². The number of imidazole rings is 1. The summed E-state index contributed by atoms with van der Waals surface area (Å²) in [5.74, 6) is 0.859. The van der Waals surface area contributed by atoms with Gasteiger partial charge in [-0.15, -0.1) is 0 Å². The predicted molar refractivity (Wildman–Crippen MR) is 257 cm³/mol. The van der Waals surface area contributed by atoms with E-state index in [9.17, 15) is 14.9 Å². The molecule has 354 valence electrons. The van der Waals surface area contributed by atoms with Gasteiger partial charge < -0.3 is 43.2 Å². The molecule has 6 aromatic rings. The molecule has 2 N–H and O–H groups in total. The summed E-state index contributed by atoms with van der Waals surface area (Å²) >= 11 is 0. The number of nitrogens with zero attached hydrogens (tertiary/aromatic N) is 6. The number of amides is 2. The quantitative estimate of drug-likeness (QED) is 0.0425. The molecule has 0 spiro atoms. The zero-order valence-electron chi connectivity index (χ0n) is 39.1. The Morgan fingerprint density at radius 3 is 2.10 bits per heavy atom. The summed E-state index contributed by atoms with van der Waals surface area (Å²) in [6, 6.07) is 36.7. The first-order valence-corrected chi connectivity index (χ1v) is 23.9. The summed E-state index contributed by atoms with van der Waals surface area (Å²) in [5, 5.41) is 15.9. The lowest BCUT2D eigenvalue weighted by Gasteiger charge is -2.48. The molecule has 2 aromatic heterocycles. The van der Waals surface area contributed by atoms with Crippen molar-refractivity contribution in [3.63, 3.8) is 0 Å². The number of rotatable bonds is 20. The minimum atomic E-state index is -1.79. The highest BCUT2D eigenvalue weighted by atomic mass is 31.2. The van der Waals surface area contributed by atoms with Gasteiger partial charge in [-0.1, -0.05) is 72.8 Å². The van der Waals surface area contributed by atoms with Crippen LogP contribution in [-0.4, -0.2) is 99.4 Å². The first-order chi connectivity index (χ1) is 33.0. The van der Waals surface area contributed by atoms with Crippen molar-refractivity contribution >= 4 is 37.3 Å². The number of nitriles is 1. The van der Waals surface area contributed by atoms with Gasteiger partial charge in [-0.05, 0) is 87.2 Å². The molecule has 1 unspecified atom stereocenters. The zero-order valence-corrected chi connectivity index (χ0v) is 40.0. The molecule has 17 heteroatoms. The van der Waals surface area contributed by atoms with Crippen molar-refractivity contribution in [1.82, 2.24) is 29.5 Å². The van der Waals surface area contributed by atoms with Crippen molar-refractivity contribution in [1.29, 1.82) is 5.26 Å². The van der Waals surface area contributed by atoms with Crippen LogP contribution in [0.2, 0.25) is 0 Å². The van der Waals surface area contributed by atoms with Gasteiger partial charge >= 0.3 is 0 Å². The van der Waals surface area contributed by atoms with Crippen LogP contribution >= 0.6 is 8.53 Å². The van der Waals surface area contributed by atoms with E-state index in [0.29, 0.717) is 47.7 Å². The first kappa shape index (κ1) is 48.2. The third-order valence-corrected chi connectivity index (χ3v) is 14.5. The molecule has 1 saturated heterocycles. The molecule has 1 aliphatic carbocycles. The van der Waals surface area contributed by atoms with Crippen LogP contribution in [0.25, 0.3) is 11.2 Å². The lowest BCUT2D eigenvalue weighted by atomic mass is 9.78. The van der Waals surface area contributed by atoms with E-state index in [1.807, 2.05) is 84.9 Å². The van der Waals surface area contributed by atoms with E-state index in [0.717, 1.165) is 16.7 Å². The van der Waals surface area contributed by atoms with E-state index in [2.05, 4.69) is 64.0 Å². The number of carbonyl (C=O) groups excluding carboxylic acids is 2. The molecule has 2 aliphatic rings. The van der Waals surface area contributed by atoms with Crippen molar-refractivity contribution in [2.45, 2.75) is 95.0 Å².